The molecule has 2 aromatic carbocycles. The average Bonchev–Trinajstić information content (AvgIpc) is 2.87. The van der Waals surface area contributed by atoms with Crippen LogP contribution in [-0.2, 0) is 13.1 Å². The molecular formula is C24H29N7O3. The van der Waals surface area contributed by atoms with Gasteiger partial charge in [0.05, 0.1) is 12.0 Å². The first-order chi connectivity index (χ1) is 16.6. The van der Waals surface area contributed by atoms with E-state index in [9.17, 15) is 10.1 Å². The highest BCUT2D eigenvalue weighted by Crippen LogP contribution is 2.22. The van der Waals surface area contributed by atoms with Crippen molar-refractivity contribution in [3.63, 3.8) is 0 Å². The molecule has 1 saturated carbocycles. The second kappa shape index (κ2) is 11.3. The third-order valence-corrected chi connectivity index (χ3v) is 5.76. The van der Waals surface area contributed by atoms with Gasteiger partial charge < -0.3 is 20.7 Å². The summed E-state index contributed by atoms with van der Waals surface area (Å²) in [6, 6.07) is 14.6. The van der Waals surface area contributed by atoms with Crippen molar-refractivity contribution < 1.29 is 9.66 Å². The van der Waals surface area contributed by atoms with E-state index in [2.05, 4.69) is 30.9 Å². The van der Waals surface area contributed by atoms with Crippen LogP contribution in [0.5, 0.6) is 5.75 Å². The Hall–Kier alpha value is -3.95. The van der Waals surface area contributed by atoms with Crippen LogP contribution in [0.1, 0.15) is 43.2 Å². The number of aromatic nitrogens is 3. The molecule has 1 fully saturated rings. The molecule has 0 atom stereocenters. The normalized spacial score (nSPS) is 13.8. The number of nitrogens with one attached hydrogen (secondary N) is 3. The Morgan fingerprint density at radius 1 is 0.912 bits per heavy atom. The fourth-order valence-electron chi connectivity index (χ4n) is 3.91. The van der Waals surface area contributed by atoms with Gasteiger partial charge in [-0.3, -0.25) is 10.1 Å². The summed E-state index contributed by atoms with van der Waals surface area (Å²) in [5.74, 6) is 2.17. The predicted octanol–water partition coefficient (Wildman–Crippen LogP) is 4.76. The number of methoxy groups -OCH3 is 1. The van der Waals surface area contributed by atoms with Gasteiger partial charge in [-0.05, 0) is 36.1 Å². The molecule has 10 nitrogen and oxygen atoms in total. The molecule has 0 unspecified atom stereocenters. The van der Waals surface area contributed by atoms with E-state index in [1.54, 1.807) is 13.2 Å². The Labute approximate surface area is 198 Å². The lowest BCUT2D eigenvalue weighted by Crippen LogP contribution is -2.24. The quantitative estimate of drug-likeness (QED) is 0.288. The number of non-ortho nitro benzene ring substituents is 1. The lowest BCUT2D eigenvalue weighted by Gasteiger charge is -2.23. The molecule has 0 aliphatic heterocycles. The van der Waals surface area contributed by atoms with E-state index in [0.29, 0.717) is 37.0 Å². The topological polar surface area (TPSA) is 127 Å². The van der Waals surface area contributed by atoms with Gasteiger partial charge in [-0.1, -0.05) is 43.5 Å². The number of nitro benzene ring substituents is 1. The van der Waals surface area contributed by atoms with Crippen molar-refractivity contribution in [1.82, 2.24) is 15.0 Å². The fraction of sp³-hybridized carbons (Fsp3) is 0.375. The summed E-state index contributed by atoms with van der Waals surface area (Å²) in [5.41, 5.74) is 1.88. The minimum Gasteiger partial charge on any atom is -0.497 e. The Morgan fingerprint density at radius 3 is 2.21 bits per heavy atom. The maximum Gasteiger partial charge on any atom is 0.269 e. The molecule has 0 spiro atoms. The largest absolute Gasteiger partial charge is 0.497 e. The SMILES string of the molecule is COc1ccc(CNc2nc(NCc3cccc([N+](=O)[O-])c3)nc(NC3CCCCC3)n2)cc1. The van der Waals surface area contributed by atoms with Crippen LogP contribution < -0.4 is 20.7 Å². The lowest BCUT2D eigenvalue weighted by molar-refractivity contribution is -0.384. The van der Waals surface area contributed by atoms with Crippen molar-refractivity contribution in [3.05, 3.63) is 69.8 Å². The molecule has 0 bridgehead atoms. The van der Waals surface area contributed by atoms with Gasteiger partial charge in [0.25, 0.3) is 5.69 Å². The number of rotatable bonds is 10. The van der Waals surface area contributed by atoms with Crippen LogP contribution in [0.3, 0.4) is 0 Å². The zero-order valence-corrected chi connectivity index (χ0v) is 19.2. The van der Waals surface area contributed by atoms with Gasteiger partial charge in [-0.2, -0.15) is 15.0 Å². The summed E-state index contributed by atoms with van der Waals surface area (Å²) < 4.78 is 5.21. The first kappa shape index (κ1) is 23.2. The predicted molar refractivity (Wildman–Crippen MR) is 131 cm³/mol. The highest BCUT2D eigenvalue weighted by molar-refractivity contribution is 5.44. The highest BCUT2D eigenvalue weighted by Gasteiger charge is 2.16. The number of benzene rings is 2. The standard InChI is InChI=1S/C24H29N7O3/c1-34-21-12-10-17(11-13-21)15-25-22-28-23(26-16-18-6-5-9-20(14-18)31(32)33)30-24(29-22)27-19-7-3-2-4-8-19/h5-6,9-14,19H,2-4,7-8,15-16H2,1H3,(H3,25,26,27,28,29,30). The first-order valence-electron chi connectivity index (χ1n) is 11.5. The van der Waals surface area contributed by atoms with Gasteiger partial charge in [0.15, 0.2) is 0 Å². The second-order valence-electron chi connectivity index (χ2n) is 8.27. The molecule has 3 aromatic rings. The Balaban J connectivity index is 1.48. The van der Waals surface area contributed by atoms with Crippen LogP contribution in [0.25, 0.3) is 0 Å². The molecule has 0 amide bonds. The average molecular weight is 464 g/mol. The van der Waals surface area contributed by atoms with Crippen molar-refractivity contribution in [2.75, 3.05) is 23.1 Å². The van der Waals surface area contributed by atoms with Gasteiger partial charge in [0, 0.05) is 31.3 Å². The van der Waals surface area contributed by atoms with Crippen LogP contribution in [0.4, 0.5) is 23.5 Å². The van der Waals surface area contributed by atoms with Crippen LogP contribution in [-0.4, -0.2) is 33.0 Å². The minimum absolute atomic E-state index is 0.0523. The second-order valence-corrected chi connectivity index (χ2v) is 8.27. The van der Waals surface area contributed by atoms with Crippen molar-refractivity contribution in [2.24, 2.45) is 0 Å². The zero-order valence-electron chi connectivity index (χ0n) is 19.2. The molecular weight excluding hydrogens is 434 g/mol. The van der Waals surface area contributed by atoms with Gasteiger partial charge in [0.1, 0.15) is 5.75 Å². The first-order valence-corrected chi connectivity index (χ1v) is 11.5. The van der Waals surface area contributed by atoms with Gasteiger partial charge in [-0.15, -0.1) is 0 Å². The van der Waals surface area contributed by atoms with Crippen LogP contribution in [0, 0.1) is 10.1 Å². The van der Waals surface area contributed by atoms with Crippen molar-refractivity contribution in [1.29, 1.82) is 0 Å². The molecule has 178 valence electrons. The third-order valence-electron chi connectivity index (χ3n) is 5.76. The molecule has 4 rings (SSSR count). The summed E-state index contributed by atoms with van der Waals surface area (Å²) in [6.07, 6.45) is 5.85. The molecule has 3 N–H and O–H groups in total. The molecule has 1 aliphatic carbocycles. The Morgan fingerprint density at radius 2 is 1.56 bits per heavy atom. The van der Waals surface area contributed by atoms with E-state index in [1.165, 1.54) is 31.4 Å². The van der Waals surface area contributed by atoms with Gasteiger partial charge >= 0.3 is 0 Å². The van der Waals surface area contributed by atoms with E-state index < -0.39 is 4.92 Å². The van der Waals surface area contributed by atoms with Crippen molar-refractivity contribution >= 4 is 23.5 Å². The maximum atomic E-state index is 11.1. The number of hydrogen-bond acceptors (Lipinski definition) is 9. The van der Waals surface area contributed by atoms with Crippen LogP contribution in [0.15, 0.2) is 48.5 Å². The van der Waals surface area contributed by atoms with Crippen molar-refractivity contribution in [2.45, 2.75) is 51.2 Å². The monoisotopic (exact) mass is 463 g/mol. The van der Waals surface area contributed by atoms with Gasteiger partial charge in [-0.25, -0.2) is 0 Å². The molecule has 1 aliphatic rings. The molecule has 1 heterocycles. The molecule has 10 heteroatoms. The molecule has 34 heavy (non-hydrogen) atoms. The Kier molecular flexibility index (Phi) is 7.69. The summed E-state index contributed by atoms with van der Waals surface area (Å²) >= 11 is 0. The summed E-state index contributed by atoms with van der Waals surface area (Å²) in [4.78, 5) is 24.3. The number of nitro groups is 1. The van der Waals surface area contributed by atoms with E-state index in [-0.39, 0.29) is 5.69 Å². The smallest absolute Gasteiger partial charge is 0.269 e. The zero-order chi connectivity index (χ0) is 23.8. The summed E-state index contributed by atoms with van der Waals surface area (Å²) in [7, 11) is 1.64. The van der Waals surface area contributed by atoms with E-state index in [1.807, 2.05) is 30.3 Å². The van der Waals surface area contributed by atoms with E-state index >= 15 is 0 Å². The number of nitrogens with zero attached hydrogens (tertiary/aromatic N) is 4. The van der Waals surface area contributed by atoms with Crippen LogP contribution >= 0.6 is 0 Å². The molecule has 0 saturated heterocycles. The number of ether oxygens (including phenoxy) is 1. The van der Waals surface area contributed by atoms with Gasteiger partial charge in [0.2, 0.25) is 17.8 Å². The summed E-state index contributed by atoms with van der Waals surface area (Å²) in [6.45, 7) is 0.897. The minimum atomic E-state index is -0.403. The third kappa shape index (κ3) is 6.53. The molecule has 1 aromatic heterocycles. The highest BCUT2D eigenvalue weighted by atomic mass is 16.6. The van der Waals surface area contributed by atoms with E-state index in [4.69, 9.17) is 4.74 Å². The lowest BCUT2D eigenvalue weighted by atomic mass is 9.96. The molecule has 0 radical (unpaired) electrons. The van der Waals surface area contributed by atoms with E-state index in [0.717, 1.165) is 29.7 Å². The number of anilines is 3. The van der Waals surface area contributed by atoms with Crippen molar-refractivity contribution in [3.8, 4) is 5.75 Å². The Bertz CT molecular complexity index is 1100. The maximum absolute atomic E-state index is 11.1. The van der Waals surface area contributed by atoms with Crippen LogP contribution in [0.2, 0.25) is 0 Å². The number of hydrogen-bond donors (Lipinski definition) is 3. The summed E-state index contributed by atoms with van der Waals surface area (Å²) in [5, 5.41) is 21.0. The fourth-order valence-corrected chi connectivity index (χ4v) is 3.91.